The van der Waals surface area contributed by atoms with Crippen molar-refractivity contribution in [2.75, 3.05) is 23.4 Å². The van der Waals surface area contributed by atoms with Gasteiger partial charge in [0.05, 0.1) is 5.92 Å². The molecule has 0 radical (unpaired) electrons. The highest BCUT2D eigenvalue weighted by Gasteiger charge is 2.33. The summed E-state index contributed by atoms with van der Waals surface area (Å²) in [6.07, 6.45) is 1.08. The summed E-state index contributed by atoms with van der Waals surface area (Å²) in [6, 6.07) is 14.5. The summed E-state index contributed by atoms with van der Waals surface area (Å²) in [5, 5.41) is 2.78. The lowest BCUT2D eigenvalue weighted by molar-refractivity contribution is -0.123. The van der Waals surface area contributed by atoms with Crippen LogP contribution in [0.5, 0.6) is 5.75 Å². The minimum absolute atomic E-state index is 0.124. The van der Waals surface area contributed by atoms with Crippen LogP contribution < -0.4 is 20.7 Å². The van der Waals surface area contributed by atoms with E-state index in [-0.39, 0.29) is 31.4 Å². The van der Waals surface area contributed by atoms with Crippen LogP contribution in [0.2, 0.25) is 0 Å². The van der Waals surface area contributed by atoms with Crippen molar-refractivity contribution in [2.45, 2.75) is 19.8 Å². The third kappa shape index (κ3) is 4.68. The second kappa shape index (κ2) is 8.56. The molecule has 1 heterocycles. The standard InChI is InChI=1S/C21H23N3O4/c1-2-14-3-5-16(6-4-14)23-19(25)13-28-18-9-7-17(8-10-18)24-12-15(21(22)27)11-20(24)26/h3-10,15H,2,11-13H2,1H3,(H2,22,27)(H,23,25). The Morgan fingerprint density at radius 1 is 1.14 bits per heavy atom. The maximum absolute atomic E-state index is 12.0. The third-order valence-electron chi connectivity index (χ3n) is 4.69. The Labute approximate surface area is 163 Å². The highest BCUT2D eigenvalue weighted by atomic mass is 16.5. The number of primary amides is 1. The van der Waals surface area contributed by atoms with Crippen molar-refractivity contribution < 1.29 is 19.1 Å². The molecule has 1 aliphatic rings. The highest BCUT2D eigenvalue weighted by Crippen LogP contribution is 2.26. The van der Waals surface area contributed by atoms with Crippen LogP contribution >= 0.6 is 0 Å². The number of rotatable bonds is 7. The van der Waals surface area contributed by atoms with Crippen molar-refractivity contribution in [3.8, 4) is 5.75 Å². The average Bonchev–Trinajstić information content (AvgIpc) is 3.09. The summed E-state index contributed by atoms with van der Waals surface area (Å²) in [4.78, 5) is 36.9. The van der Waals surface area contributed by atoms with Crippen LogP contribution in [0.15, 0.2) is 48.5 Å². The first-order valence-electron chi connectivity index (χ1n) is 9.17. The predicted octanol–water partition coefficient (Wildman–Crippen LogP) is 2.10. The molecule has 0 aliphatic carbocycles. The topological polar surface area (TPSA) is 102 Å². The molecule has 0 aromatic heterocycles. The molecule has 3 N–H and O–H groups in total. The Kier molecular flexibility index (Phi) is 5.93. The van der Waals surface area contributed by atoms with Crippen LogP contribution in [0, 0.1) is 5.92 Å². The van der Waals surface area contributed by atoms with Gasteiger partial charge in [-0.25, -0.2) is 0 Å². The number of hydrogen-bond acceptors (Lipinski definition) is 4. The summed E-state index contributed by atoms with van der Waals surface area (Å²) in [7, 11) is 0. The average molecular weight is 381 g/mol. The smallest absolute Gasteiger partial charge is 0.262 e. The molecule has 1 fully saturated rings. The van der Waals surface area contributed by atoms with E-state index in [1.165, 1.54) is 10.5 Å². The van der Waals surface area contributed by atoms with Gasteiger partial charge in [0.1, 0.15) is 5.75 Å². The Morgan fingerprint density at radius 3 is 2.39 bits per heavy atom. The first-order chi connectivity index (χ1) is 13.5. The van der Waals surface area contributed by atoms with Crippen molar-refractivity contribution in [3.05, 3.63) is 54.1 Å². The number of amides is 3. The second-order valence-electron chi connectivity index (χ2n) is 6.69. The van der Waals surface area contributed by atoms with Gasteiger partial charge in [0.2, 0.25) is 11.8 Å². The Bertz CT molecular complexity index is 862. The second-order valence-corrected chi connectivity index (χ2v) is 6.69. The summed E-state index contributed by atoms with van der Waals surface area (Å²) in [5.74, 6) is -0.804. The first-order valence-corrected chi connectivity index (χ1v) is 9.17. The molecule has 28 heavy (non-hydrogen) atoms. The summed E-state index contributed by atoms with van der Waals surface area (Å²) in [6.45, 7) is 2.23. The molecule has 1 unspecified atom stereocenters. The zero-order chi connectivity index (χ0) is 20.1. The van der Waals surface area contributed by atoms with Gasteiger partial charge in [-0.2, -0.15) is 0 Å². The molecule has 0 saturated carbocycles. The monoisotopic (exact) mass is 381 g/mol. The van der Waals surface area contributed by atoms with Crippen LogP contribution in [-0.4, -0.2) is 30.9 Å². The van der Waals surface area contributed by atoms with E-state index in [9.17, 15) is 14.4 Å². The van der Waals surface area contributed by atoms with Crippen molar-refractivity contribution in [2.24, 2.45) is 11.7 Å². The molecule has 2 aromatic rings. The minimum atomic E-state index is -0.467. The van der Waals surface area contributed by atoms with E-state index in [0.29, 0.717) is 11.4 Å². The first kappa shape index (κ1) is 19.4. The van der Waals surface area contributed by atoms with Gasteiger partial charge in [0.15, 0.2) is 6.61 Å². The SMILES string of the molecule is CCc1ccc(NC(=O)COc2ccc(N3CC(C(N)=O)CC3=O)cc2)cc1. The number of anilines is 2. The largest absolute Gasteiger partial charge is 0.484 e. The van der Waals surface area contributed by atoms with Crippen LogP contribution in [0.25, 0.3) is 0 Å². The third-order valence-corrected chi connectivity index (χ3v) is 4.69. The molecule has 7 heteroatoms. The molecular formula is C21H23N3O4. The van der Waals surface area contributed by atoms with E-state index in [2.05, 4.69) is 12.2 Å². The Balaban J connectivity index is 1.52. The summed E-state index contributed by atoms with van der Waals surface area (Å²) in [5.41, 5.74) is 7.88. The van der Waals surface area contributed by atoms with Gasteiger partial charge in [-0.1, -0.05) is 19.1 Å². The summed E-state index contributed by atoms with van der Waals surface area (Å²) < 4.78 is 5.50. The number of carbonyl (C=O) groups excluding carboxylic acids is 3. The zero-order valence-corrected chi connectivity index (χ0v) is 15.7. The summed E-state index contributed by atoms with van der Waals surface area (Å²) >= 11 is 0. The number of hydrogen-bond donors (Lipinski definition) is 2. The van der Waals surface area contributed by atoms with E-state index in [1.54, 1.807) is 24.3 Å². The van der Waals surface area contributed by atoms with Gasteiger partial charge in [0, 0.05) is 24.3 Å². The van der Waals surface area contributed by atoms with Gasteiger partial charge < -0.3 is 20.7 Å². The quantitative estimate of drug-likeness (QED) is 0.767. The van der Waals surface area contributed by atoms with Gasteiger partial charge in [-0.3, -0.25) is 14.4 Å². The van der Waals surface area contributed by atoms with Crippen molar-refractivity contribution in [1.29, 1.82) is 0 Å². The Hall–Kier alpha value is -3.35. The van der Waals surface area contributed by atoms with Crippen molar-refractivity contribution in [3.63, 3.8) is 0 Å². The molecule has 7 nitrogen and oxygen atoms in total. The number of benzene rings is 2. The highest BCUT2D eigenvalue weighted by molar-refractivity contribution is 6.00. The van der Waals surface area contributed by atoms with E-state index >= 15 is 0 Å². The lowest BCUT2D eigenvalue weighted by atomic mass is 10.1. The molecule has 1 atom stereocenters. The van der Waals surface area contributed by atoms with E-state index in [0.717, 1.165) is 12.1 Å². The lowest BCUT2D eigenvalue weighted by Gasteiger charge is -2.16. The minimum Gasteiger partial charge on any atom is -0.484 e. The van der Waals surface area contributed by atoms with Crippen LogP contribution in [0.4, 0.5) is 11.4 Å². The van der Waals surface area contributed by atoms with Crippen molar-refractivity contribution >= 4 is 29.1 Å². The number of nitrogens with one attached hydrogen (secondary N) is 1. The molecule has 0 spiro atoms. The molecule has 3 rings (SSSR count). The fourth-order valence-corrected chi connectivity index (χ4v) is 3.04. The molecule has 146 valence electrons. The number of nitrogens with two attached hydrogens (primary N) is 1. The van der Waals surface area contributed by atoms with E-state index in [1.807, 2.05) is 24.3 Å². The maximum Gasteiger partial charge on any atom is 0.262 e. The fourth-order valence-electron chi connectivity index (χ4n) is 3.04. The predicted molar refractivity (Wildman–Crippen MR) is 106 cm³/mol. The molecule has 3 amide bonds. The normalized spacial score (nSPS) is 16.1. The lowest BCUT2D eigenvalue weighted by Crippen LogP contribution is -2.28. The zero-order valence-electron chi connectivity index (χ0n) is 15.7. The van der Waals surface area contributed by atoms with Gasteiger partial charge in [-0.15, -0.1) is 0 Å². The van der Waals surface area contributed by atoms with Gasteiger partial charge in [-0.05, 0) is 48.4 Å². The van der Waals surface area contributed by atoms with Crippen LogP contribution in [0.1, 0.15) is 18.9 Å². The maximum atomic E-state index is 12.0. The van der Waals surface area contributed by atoms with Gasteiger partial charge in [0.25, 0.3) is 5.91 Å². The van der Waals surface area contributed by atoms with Gasteiger partial charge >= 0.3 is 0 Å². The number of carbonyl (C=O) groups is 3. The molecule has 1 saturated heterocycles. The van der Waals surface area contributed by atoms with E-state index < -0.39 is 11.8 Å². The molecule has 1 aliphatic heterocycles. The van der Waals surface area contributed by atoms with E-state index in [4.69, 9.17) is 10.5 Å². The van der Waals surface area contributed by atoms with Crippen LogP contribution in [0.3, 0.4) is 0 Å². The molecular weight excluding hydrogens is 358 g/mol. The fraction of sp³-hybridized carbons (Fsp3) is 0.286. The number of nitrogens with zero attached hydrogens (tertiary/aromatic N) is 1. The van der Waals surface area contributed by atoms with Crippen molar-refractivity contribution in [1.82, 2.24) is 0 Å². The molecule has 2 aromatic carbocycles. The Morgan fingerprint density at radius 2 is 1.82 bits per heavy atom. The molecule has 0 bridgehead atoms. The number of ether oxygens (including phenoxy) is 1. The van der Waals surface area contributed by atoms with Crippen LogP contribution in [-0.2, 0) is 20.8 Å². The number of aryl methyl sites for hydroxylation is 1.